The summed E-state index contributed by atoms with van der Waals surface area (Å²) in [6, 6.07) is 14.2. The second kappa shape index (κ2) is 8.87. The normalized spacial score (nSPS) is 14.4. The SMILES string of the molecule is O=C(CSCc1ccc(F)cc1)Nc1ccc(N2CCOCC2)cc1. The Bertz CT molecular complexity index is 686. The van der Waals surface area contributed by atoms with Crippen LogP contribution in [0.3, 0.4) is 0 Å². The lowest BCUT2D eigenvalue weighted by molar-refractivity contribution is -0.113. The van der Waals surface area contributed by atoms with E-state index in [0.717, 1.165) is 43.2 Å². The summed E-state index contributed by atoms with van der Waals surface area (Å²) < 4.78 is 18.2. The van der Waals surface area contributed by atoms with Crippen LogP contribution in [0.5, 0.6) is 0 Å². The van der Waals surface area contributed by atoms with Gasteiger partial charge in [-0.3, -0.25) is 4.79 Å². The lowest BCUT2D eigenvalue weighted by Crippen LogP contribution is -2.36. The highest BCUT2D eigenvalue weighted by Crippen LogP contribution is 2.19. The number of hydrogen-bond acceptors (Lipinski definition) is 4. The maximum Gasteiger partial charge on any atom is 0.234 e. The molecule has 1 heterocycles. The average molecular weight is 360 g/mol. The van der Waals surface area contributed by atoms with Gasteiger partial charge in [-0.25, -0.2) is 4.39 Å². The Kier molecular flexibility index (Phi) is 6.30. The molecule has 0 radical (unpaired) electrons. The summed E-state index contributed by atoms with van der Waals surface area (Å²) in [5.41, 5.74) is 2.95. The van der Waals surface area contributed by atoms with Crippen LogP contribution < -0.4 is 10.2 Å². The number of ether oxygens (including phenoxy) is 1. The van der Waals surface area contributed by atoms with Crippen LogP contribution in [0.15, 0.2) is 48.5 Å². The quantitative estimate of drug-likeness (QED) is 0.856. The Morgan fingerprint density at radius 2 is 1.76 bits per heavy atom. The Labute approximate surface area is 151 Å². The number of hydrogen-bond donors (Lipinski definition) is 1. The van der Waals surface area contributed by atoms with E-state index in [2.05, 4.69) is 10.2 Å². The standard InChI is InChI=1S/C19H21FN2O2S/c20-16-3-1-15(2-4-16)13-25-14-19(23)21-17-5-7-18(8-6-17)22-9-11-24-12-10-22/h1-8H,9-14H2,(H,21,23). The Morgan fingerprint density at radius 1 is 1.08 bits per heavy atom. The van der Waals surface area contributed by atoms with Crippen LogP contribution in [0.1, 0.15) is 5.56 Å². The number of carbonyl (C=O) groups excluding carboxylic acids is 1. The van der Waals surface area contributed by atoms with Crippen LogP contribution in [-0.2, 0) is 15.3 Å². The monoisotopic (exact) mass is 360 g/mol. The maximum absolute atomic E-state index is 12.8. The predicted octanol–water partition coefficient (Wildman–Crippen LogP) is 3.53. The molecule has 0 unspecified atom stereocenters. The molecule has 0 aromatic heterocycles. The zero-order valence-electron chi connectivity index (χ0n) is 13.9. The number of benzene rings is 2. The van der Waals surface area contributed by atoms with E-state index in [-0.39, 0.29) is 11.7 Å². The van der Waals surface area contributed by atoms with Gasteiger partial charge in [-0.1, -0.05) is 12.1 Å². The smallest absolute Gasteiger partial charge is 0.234 e. The molecule has 0 spiro atoms. The maximum atomic E-state index is 12.8. The minimum Gasteiger partial charge on any atom is -0.378 e. The van der Waals surface area contributed by atoms with Gasteiger partial charge in [0, 0.05) is 30.2 Å². The van der Waals surface area contributed by atoms with Crippen LogP contribution in [0, 0.1) is 5.82 Å². The summed E-state index contributed by atoms with van der Waals surface area (Å²) in [4.78, 5) is 14.3. The Hall–Kier alpha value is -2.05. The van der Waals surface area contributed by atoms with Gasteiger partial charge in [-0.2, -0.15) is 0 Å². The van der Waals surface area contributed by atoms with Crippen LogP contribution in [0.2, 0.25) is 0 Å². The van der Waals surface area contributed by atoms with Gasteiger partial charge in [0.05, 0.1) is 19.0 Å². The second-order valence-electron chi connectivity index (χ2n) is 5.81. The largest absolute Gasteiger partial charge is 0.378 e. The van der Waals surface area contributed by atoms with Crippen molar-refractivity contribution in [2.24, 2.45) is 0 Å². The Morgan fingerprint density at radius 3 is 2.44 bits per heavy atom. The molecule has 1 fully saturated rings. The number of nitrogens with zero attached hydrogens (tertiary/aromatic N) is 1. The van der Waals surface area contributed by atoms with E-state index in [1.54, 1.807) is 12.1 Å². The van der Waals surface area contributed by atoms with Gasteiger partial charge in [-0.15, -0.1) is 11.8 Å². The fraction of sp³-hybridized carbons (Fsp3) is 0.316. The van der Waals surface area contributed by atoms with Crippen LogP contribution in [-0.4, -0.2) is 38.0 Å². The van der Waals surface area contributed by atoms with Gasteiger partial charge >= 0.3 is 0 Å². The van der Waals surface area contributed by atoms with E-state index >= 15 is 0 Å². The Balaban J connectivity index is 1.43. The van der Waals surface area contributed by atoms with Crippen molar-refractivity contribution in [2.75, 3.05) is 42.3 Å². The van der Waals surface area contributed by atoms with Gasteiger partial charge in [0.25, 0.3) is 0 Å². The first-order chi connectivity index (χ1) is 12.2. The van der Waals surface area contributed by atoms with E-state index in [1.807, 2.05) is 24.3 Å². The average Bonchev–Trinajstić information content (AvgIpc) is 2.65. The fourth-order valence-corrected chi connectivity index (χ4v) is 3.40. The molecular weight excluding hydrogens is 339 g/mol. The van der Waals surface area contributed by atoms with Gasteiger partial charge < -0.3 is 15.0 Å². The molecule has 0 aliphatic carbocycles. The zero-order valence-corrected chi connectivity index (χ0v) is 14.7. The number of thioether (sulfide) groups is 1. The molecule has 0 bridgehead atoms. The lowest BCUT2D eigenvalue weighted by Gasteiger charge is -2.28. The minimum absolute atomic E-state index is 0.0359. The van der Waals surface area contributed by atoms with E-state index in [1.165, 1.54) is 23.9 Å². The molecule has 1 amide bonds. The molecule has 1 aliphatic rings. The third kappa shape index (κ3) is 5.47. The van der Waals surface area contributed by atoms with Gasteiger partial charge in [-0.05, 0) is 42.0 Å². The molecular formula is C19H21FN2O2S. The van der Waals surface area contributed by atoms with Gasteiger partial charge in [0.2, 0.25) is 5.91 Å². The molecule has 2 aromatic carbocycles. The third-order valence-corrected chi connectivity index (χ3v) is 4.95. The second-order valence-corrected chi connectivity index (χ2v) is 6.80. The summed E-state index contributed by atoms with van der Waals surface area (Å²) in [6.45, 7) is 3.30. The number of morpholine rings is 1. The number of anilines is 2. The molecule has 0 saturated carbocycles. The number of carbonyl (C=O) groups is 1. The van der Waals surface area contributed by atoms with Crippen molar-refractivity contribution < 1.29 is 13.9 Å². The van der Waals surface area contributed by atoms with E-state index < -0.39 is 0 Å². The molecule has 25 heavy (non-hydrogen) atoms. The van der Waals surface area contributed by atoms with Crippen molar-refractivity contribution in [2.45, 2.75) is 5.75 Å². The molecule has 4 nitrogen and oxygen atoms in total. The number of amides is 1. The first-order valence-electron chi connectivity index (χ1n) is 8.25. The minimum atomic E-state index is -0.244. The summed E-state index contributed by atoms with van der Waals surface area (Å²) >= 11 is 1.51. The van der Waals surface area contributed by atoms with Crippen molar-refractivity contribution in [1.29, 1.82) is 0 Å². The molecule has 6 heteroatoms. The highest BCUT2D eigenvalue weighted by molar-refractivity contribution is 7.99. The van der Waals surface area contributed by atoms with E-state index in [4.69, 9.17) is 4.74 Å². The molecule has 2 aromatic rings. The van der Waals surface area contributed by atoms with Crippen molar-refractivity contribution in [3.63, 3.8) is 0 Å². The summed E-state index contributed by atoms with van der Waals surface area (Å²) in [5, 5.41) is 2.90. The number of halogens is 1. The molecule has 1 N–H and O–H groups in total. The molecule has 132 valence electrons. The van der Waals surface area contributed by atoms with Gasteiger partial charge in [0.1, 0.15) is 5.82 Å². The summed E-state index contributed by atoms with van der Waals surface area (Å²) in [7, 11) is 0. The topological polar surface area (TPSA) is 41.6 Å². The van der Waals surface area contributed by atoms with Crippen molar-refractivity contribution >= 4 is 29.0 Å². The first-order valence-corrected chi connectivity index (χ1v) is 9.41. The highest BCUT2D eigenvalue weighted by Gasteiger charge is 2.11. The number of nitrogens with one attached hydrogen (secondary N) is 1. The molecule has 1 saturated heterocycles. The number of rotatable bonds is 6. The van der Waals surface area contributed by atoms with Crippen LogP contribution >= 0.6 is 11.8 Å². The molecule has 3 rings (SSSR count). The zero-order chi connectivity index (χ0) is 17.5. The lowest BCUT2D eigenvalue weighted by atomic mass is 10.2. The summed E-state index contributed by atoms with van der Waals surface area (Å²) in [5.74, 6) is 0.768. The first kappa shape index (κ1) is 17.8. The summed E-state index contributed by atoms with van der Waals surface area (Å²) in [6.07, 6.45) is 0. The predicted molar refractivity (Wildman–Crippen MR) is 101 cm³/mol. The fourth-order valence-electron chi connectivity index (χ4n) is 2.62. The molecule has 0 atom stereocenters. The van der Waals surface area contributed by atoms with Crippen LogP contribution in [0.4, 0.5) is 15.8 Å². The van der Waals surface area contributed by atoms with Crippen LogP contribution in [0.25, 0.3) is 0 Å². The van der Waals surface area contributed by atoms with Gasteiger partial charge in [0.15, 0.2) is 0 Å². The van der Waals surface area contributed by atoms with Crippen molar-refractivity contribution in [1.82, 2.24) is 0 Å². The van der Waals surface area contributed by atoms with E-state index in [0.29, 0.717) is 11.5 Å². The van der Waals surface area contributed by atoms with E-state index in [9.17, 15) is 9.18 Å². The van der Waals surface area contributed by atoms with Crippen molar-refractivity contribution in [3.05, 3.63) is 59.9 Å². The van der Waals surface area contributed by atoms with Crippen molar-refractivity contribution in [3.8, 4) is 0 Å². The molecule has 1 aliphatic heterocycles. The third-order valence-electron chi connectivity index (χ3n) is 3.94. The highest BCUT2D eigenvalue weighted by atomic mass is 32.2.